The molecule has 0 fully saturated rings. The smallest absolute Gasteiger partial charge is 0.207 e. The number of hydrogen-bond acceptors (Lipinski definition) is 3. The minimum absolute atomic E-state index is 0.0121. The van der Waals surface area contributed by atoms with Crippen LogP contribution in [0.25, 0.3) is 0 Å². The molecule has 108 valence electrons. The van der Waals surface area contributed by atoms with Crippen LogP contribution in [0.1, 0.15) is 17.8 Å². The van der Waals surface area contributed by atoms with Gasteiger partial charge in [-0.3, -0.25) is 0 Å². The zero-order valence-corrected chi connectivity index (χ0v) is 14.1. The van der Waals surface area contributed by atoms with E-state index in [4.69, 9.17) is 34.8 Å². The standard InChI is InChI=1S/C12H10Cl3NO2S2/c1-7(9-5-6-11(14)19-9)16-20(17,18)10-4-2-3-8(13)12(10)15/h2-7,16H,1H3. The van der Waals surface area contributed by atoms with Gasteiger partial charge in [0.1, 0.15) is 4.90 Å². The molecule has 0 spiro atoms. The van der Waals surface area contributed by atoms with Gasteiger partial charge in [-0.05, 0) is 31.2 Å². The van der Waals surface area contributed by atoms with Gasteiger partial charge in [-0.1, -0.05) is 40.9 Å². The van der Waals surface area contributed by atoms with Crippen LogP contribution in [0.2, 0.25) is 14.4 Å². The van der Waals surface area contributed by atoms with Gasteiger partial charge in [-0.25, -0.2) is 13.1 Å². The number of hydrogen-bond donors (Lipinski definition) is 1. The van der Waals surface area contributed by atoms with Crippen molar-refractivity contribution in [3.63, 3.8) is 0 Å². The third-order valence-electron chi connectivity index (χ3n) is 2.56. The maximum atomic E-state index is 12.3. The lowest BCUT2D eigenvalue weighted by molar-refractivity contribution is 0.568. The van der Waals surface area contributed by atoms with Crippen molar-refractivity contribution in [1.29, 1.82) is 0 Å². The molecule has 1 aromatic heterocycles. The molecule has 0 bridgehead atoms. The van der Waals surface area contributed by atoms with Crippen LogP contribution in [0.3, 0.4) is 0 Å². The van der Waals surface area contributed by atoms with E-state index in [0.717, 1.165) is 4.88 Å². The molecule has 0 aliphatic rings. The Morgan fingerprint density at radius 1 is 1.15 bits per heavy atom. The molecule has 20 heavy (non-hydrogen) atoms. The van der Waals surface area contributed by atoms with Crippen molar-refractivity contribution in [2.24, 2.45) is 0 Å². The van der Waals surface area contributed by atoms with Gasteiger partial charge in [0.15, 0.2) is 0 Å². The third-order valence-corrected chi connectivity index (χ3v) is 6.49. The van der Waals surface area contributed by atoms with Gasteiger partial charge in [0.05, 0.1) is 20.4 Å². The van der Waals surface area contributed by atoms with Gasteiger partial charge >= 0.3 is 0 Å². The number of sulfonamides is 1. The van der Waals surface area contributed by atoms with Crippen molar-refractivity contribution < 1.29 is 8.42 Å². The average Bonchev–Trinajstić information content (AvgIpc) is 2.79. The quantitative estimate of drug-likeness (QED) is 0.844. The fraction of sp³-hybridized carbons (Fsp3) is 0.167. The summed E-state index contributed by atoms with van der Waals surface area (Å²) in [6.07, 6.45) is 0. The van der Waals surface area contributed by atoms with E-state index in [1.54, 1.807) is 19.1 Å². The lowest BCUT2D eigenvalue weighted by Crippen LogP contribution is -2.26. The first-order valence-electron chi connectivity index (χ1n) is 5.53. The summed E-state index contributed by atoms with van der Waals surface area (Å²) >= 11 is 18.9. The van der Waals surface area contributed by atoms with Gasteiger partial charge < -0.3 is 0 Å². The Morgan fingerprint density at radius 2 is 1.85 bits per heavy atom. The lowest BCUT2D eigenvalue weighted by Gasteiger charge is -2.14. The number of halogens is 3. The predicted molar refractivity (Wildman–Crippen MR) is 84.5 cm³/mol. The van der Waals surface area contributed by atoms with Crippen LogP contribution in [-0.4, -0.2) is 8.42 Å². The Labute approximate surface area is 136 Å². The molecule has 0 amide bonds. The minimum atomic E-state index is -3.75. The van der Waals surface area contributed by atoms with Gasteiger partial charge in [-0.2, -0.15) is 0 Å². The number of rotatable bonds is 4. The molecule has 1 atom stereocenters. The van der Waals surface area contributed by atoms with Crippen LogP contribution in [0.4, 0.5) is 0 Å². The SMILES string of the molecule is CC(NS(=O)(=O)c1cccc(Cl)c1Cl)c1ccc(Cl)s1. The first-order valence-corrected chi connectivity index (χ1v) is 8.96. The minimum Gasteiger partial charge on any atom is -0.207 e. The fourth-order valence-corrected chi connectivity index (χ4v) is 4.73. The highest BCUT2D eigenvalue weighted by molar-refractivity contribution is 7.89. The molecule has 0 radical (unpaired) electrons. The molecule has 0 aliphatic heterocycles. The molecule has 3 nitrogen and oxygen atoms in total. The Kier molecular flexibility index (Phi) is 5.00. The van der Waals surface area contributed by atoms with E-state index in [9.17, 15) is 8.42 Å². The maximum Gasteiger partial charge on any atom is 0.242 e. The highest BCUT2D eigenvalue weighted by Crippen LogP contribution is 2.31. The average molecular weight is 371 g/mol. The van der Waals surface area contributed by atoms with Crippen molar-refractivity contribution in [3.8, 4) is 0 Å². The second kappa shape index (κ2) is 6.22. The summed E-state index contributed by atoms with van der Waals surface area (Å²) in [6, 6.07) is 7.57. The summed E-state index contributed by atoms with van der Waals surface area (Å²) in [4.78, 5) is 0.776. The van der Waals surface area contributed by atoms with Gasteiger partial charge in [0.25, 0.3) is 0 Å². The summed E-state index contributed by atoms with van der Waals surface area (Å²) in [6.45, 7) is 1.73. The molecule has 0 saturated heterocycles. The van der Waals surface area contributed by atoms with Crippen molar-refractivity contribution in [3.05, 3.63) is 49.6 Å². The summed E-state index contributed by atoms with van der Waals surface area (Å²) in [5, 5.41) is 0.208. The van der Waals surface area contributed by atoms with Crippen molar-refractivity contribution >= 4 is 56.2 Å². The van der Waals surface area contributed by atoms with Crippen molar-refractivity contribution in [2.75, 3.05) is 0 Å². The molecule has 1 aromatic carbocycles. The largest absolute Gasteiger partial charge is 0.242 e. The van der Waals surface area contributed by atoms with Crippen LogP contribution in [0, 0.1) is 0 Å². The summed E-state index contributed by atoms with van der Waals surface area (Å²) in [5.74, 6) is 0. The normalized spacial score (nSPS) is 13.4. The molecule has 2 rings (SSSR count). The van der Waals surface area contributed by atoms with E-state index >= 15 is 0 Å². The van der Waals surface area contributed by atoms with Gasteiger partial charge in [0.2, 0.25) is 10.0 Å². The van der Waals surface area contributed by atoms with E-state index in [1.807, 2.05) is 0 Å². The number of nitrogens with one attached hydrogen (secondary N) is 1. The first-order chi connectivity index (χ1) is 9.31. The lowest BCUT2D eigenvalue weighted by atomic mass is 10.3. The van der Waals surface area contributed by atoms with E-state index in [0.29, 0.717) is 4.34 Å². The van der Waals surface area contributed by atoms with Crippen LogP contribution < -0.4 is 4.72 Å². The summed E-state index contributed by atoms with van der Waals surface area (Å²) in [7, 11) is -3.75. The van der Waals surface area contributed by atoms with Crippen LogP contribution in [-0.2, 0) is 10.0 Å². The van der Waals surface area contributed by atoms with E-state index in [2.05, 4.69) is 4.72 Å². The van der Waals surface area contributed by atoms with Crippen LogP contribution in [0.15, 0.2) is 35.2 Å². The predicted octanol–water partition coefficient (Wildman–Crippen LogP) is 4.75. The van der Waals surface area contributed by atoms with E-state index < -0.39 is 16.1 Å². The number of benzene rings is 1. The molecule has 2 aromatic rings. The molecule has 1 heterocycles. The third kappa shape index (κ3) is 3.47. The Bertz CT molecular complexity index is 728. The number of thiophene rings is 1. The summed E-state index contributed by atoms with van der Waals surface area (Å²) < 4.78 is 27.8. The molecule has 1 unspecified atom stereocenters. The maximum absolute atomic E-state index is 12.3. The molecule has 0 aliphatic carbocycles. The molecule has 8 heteroatoms. The van der Waals surface area contributed by atoms with Gasteiger partial charge in [0, 0.05) is 4.88 Å². The Morgan fingerprint density at radius 3 is 2.45 bits per heavy atom. The highest BCUT2D eigenvalue weighted by atomic mass is 35.5. The molecular formula is C12H10Cl3NO2S2. The fourth-order valence-electron chi connectivity index (χ4n) is 1.61. The second-order valence-corrected chi connectivity index (χ2v) is 8.25. The molecular weight excluding hydrogens is 361 g/mol. The van der Waals surface area contributed by atoms with E-state index in [-0.39, 0.29) is 14.9 Å². The Hall–Kier alpha value is -0.300. The van der Waals surface area contributed by atoms with E-state index in [1.165, 1.54) is 29.5 Å². The Balaban J connectivity index is 2.30. The topological polar surface area (TPSA) is 46.2 Å². The monoisotopic (exact) mass is 369 g/mol. The zero-order valence-electron chi connectivity index (χ0n) is 10.2. The van der Waals surface area contributed by atoms with Crippen molar-refractivity contribution in [1.82, 2.24) is 4.72 Å². The first kappa shape index (κ1) is 16.1. The zero-order chi connectivity index (χ0) is 14.9. The van der Waals surface area contributed by atoms with Crippen LogP contribution >= 0.6 is 46.1 Å². The van der Waals surface area contributed by atoms with Gasteiger partial charge in [-0.15, -0.1) is 11.3 Å². The summed E-state index contributed by atoms with van der Waals surface area (Å²) in [5.41, 5.74) is 0. The molecule has 1 N–H and O–H groups in total. The van der Waals surface area contributed by atoms with Crippen LogP contribution in [0.5, 0.6) is 0 Å². The van der Waals surface area contributed by atoms with Crippen molar-refractivity contribution in [2.45, 2.75) is 17.9 Å². The highest BCUT2D eigenvalue weighted by Gasteiger charge is 2.22. The second-order valence-electron chi connectivity index (χ2n) is 4.04. The molecule has 0 saturated carbocycles.